The third-order valence-electron chi connectivity index (χ3n) is 3.98. The van der Waals surface area contributed by atoms with Crippen LogP contribution in [0.3, 0.4) is 0 Å². The van der Waals surface area contributed by atoms with Crippen molar-refractivity contribution in [2.75, 3.05) is 6.61 Å². The highest BCUT2D eigenvalue weighted by Gasteiger charge is 2.39. The van der Waals surface area contributed by atoms with Crippen molar-refractivity contribution in [1.29, 1.82) is 0 Å². The summed E-state index contributed by atoms with van der Waals surface area (Å²) in [5.74, 6) is 0.371. The molecule has 5 N–H and O–H groups in total. The first-order chi connectivity index (χ1) is 12.4. The zero-order chi connectivity index (χ0) is 18.7. The maximum Gasteiger partial charge on any atom is 0.228 e. The van der Waals surface area contributed by atoms with Crippen LogP contribution in [0.1, 0.15) is 11.1 Å². The van der Waals surface area contributed by atoms with Crippen LogP contribution >= 0.6 is 0 Å². The fraction of sp³-hybridized carbons (Fsp3) is 0.263. The molecule has 0 bridgehead atoms. The molecule has 1 saturated heterocycles. The lowest BCUT2D eigenvalue weighted by atomic mass is 10.1. The number of hydrogen-bond donors (Lipinski definition) is 5. The van der Waals surface area contributed by atoms with E-state index < -0.39 is 24.6 Å². The number of ether oxygens (including phenoxy) is 2. The molecule has 26 heavy (non-hydrogen) atoms. The average molecular weight is 360 g/mol. The SMILES string of the molecule is Oc1ccc(/C=C/c2cc(O)cc(OC3OCC(O)C(O)C3O)c2)cc1. The van der Waals surface area contributed by atoms with Crippen molar-refractivity contribution >= 4 is 12.2 Å². The van der Waals surface area contributed by atoms with Gasteiger partial charge in [0.25, 0.3) is 0 Å². The summed E-state index contributed by atoms with van der Waals surface area (Å²) >= 11 is 0. The van der Waals surface area contributed by atoms with E-state index in [4.69, 9.17) is 9.47 Å². The Balaban J connectivity index is 1.74. The Morgan fingerprint density at radius 3 is 2.27 bits per heavy atom. The Bertz CT molecular complexity index is 772. The zero-order valence-electron chi connectivity index (χ0n) is 13.8. The number of aliphatic hydroxyl groups is 3. The van der Waals surface area contributed by atoms with Crippen molar-refractivity contribution in [3.8, 4) is 17.2 Å². The van der Waals surface area contributed by atoms with Gasteiger partial charge < -0.3 is 35.0 Å². The Kier molecular flexibility index (Phi) is 5.43. The fourth-order valence-corrected chi connectivity index (χ4v) is 2.56. The second kappa shape index (κ2) is 7.76. The van der Waals surface area contributed by atoms with Gasteiger partial charge in [0.15, 0.2) is 0 Å². The van der Waals surface area contributed by atoms with Gasteiger partial charge in [-0.1, -0.05) is 24.3 Å². The number of benzene rings is 2. The van der Waals surface area contributed by atoms with Crippen LogP contribution in [0.2, 0.25) is 0 Å². The summed E-state index contributed by atoms with van der Waals surface area (Å²) in [5.41, 5.74) is 1.50. The maximum absolute atomic E-state index is 9.93. The van der Waals surface area contributed by atoms with Gasteiger partial charge in [-0.05, 0) is 35.4 Å². The van der Waals surface area contributed by atoms with E-state index in [1.807, 2.05) is 0 Å². The first-order valence-electron chi connectivity index (χ1n) is 8.06. The Labute approximate surface area is 150 Å². The molecule has 0 aromatic heterocycles. The molecule has 3 rings (SSSR count). The third kappa shape index (κ3) is 4.33. The number of phenols is 2. The van der Waals surface area contributed by atoms with E-state index in [9.17, 15) is 25.5 Å². The minimum Gasteiger partial charge on any atom is -0.508 e. The van der Waals surface area contributed by atoms with E-state index in [1.165, 1.54) is 12.1 Å². The minimum absolute atomic E-state index is 0.0428. The predicted molar refractivity (Wildman–Crippen MR) is 93.5 cm³/mol. The lowest BCUT2D eigenvalue weighted by Crippen LogP contribution is -2.54. The second-order valence-electron chi connectivity index (χ2n) is 6.05. The van der Waals surface area contributed by atoms with Gasteiger partial charge in [-0.15, -0.1) is 0 Å². The first kappa shape index (κ1) is 18.2. The molecule has 7 nitrogen and oxygen atoms in total. The quantitative estimate of drug-likeness (QED) is 0.518. The maximum atomic E-state index is 9.93. The molecule has 4 atom stereocenters. The van der Waals surface area contributed by atoms with E-state index >= 15 is 0 Å². The normalized spacial score (nSPS) is 26.1. The molecule has 138 valence electrons. The summed E-state index contributed by atoms with van der Waals surface area (Å²) in [7, 11) is 0. The van der Waals surface area contributed by atoms with Gasteiger partial charge in [0.1, 0.15) is 35.6 Å². The standard InChI is InChI=1S/C19H20O7/c20-13-5-3-11(4-6-13)1-2-12-7-14(21)9-15(8-12)26-19-18(24)17(23)16(22)10-25-19/h1-9,16-24H,10H2/b2-1+. The van der Waals surface area contributed by atoms with Gasteiger partial charge in [-0.25, -0.2) is 0 Å². The van der Waals surface area contributed by atoms with Gasteiger partial charge in [0, 0.05) is 6.07 Å². The molecular formula is C19H20O7. The van der Waals surface area contributed by atoms with Crippen LogP contribution in [0, 0.1) is 0 Å². The van der Waals surface area contributed by atoms with Crippen LogP contribution < -0.4 is 4.74 Å². The Morgan fingerprint density at radius 2 is 1.54 bits per heavy atom. The van der Waals surface area contributed by atoms with Crippen LogP contribution in [-0.2, 0) is 4.74 Å². The van der Waals surface area contributed by atoms with Crippen LogP contribution in [0.15, 0.2) is 42.5 Å². The molecule has 0 radical (unpaired) electrons. The first-order valence-corrected chi connectivity index (χ1v) is 8.06. The van der Waals surface area contributed by atoms with Crippen LogP contribution in [0.5, 0.6) is 17.2 Å². The van der Waals surface area contributed by atoms with E-state index in [0.29, 0.717) is 5.56 Å². The lowest BCUT2D eigenvalue weighted by Gasteiger charge is -2.34. The molecule has 1 aliphatic heterocycles. The van der Waals surface area contributed by atoms with Crippen LogP contribution in [0.4, 0.5) is 0 Å². The predicted octanol–water partition coefficient (Wildman–Crippen LogP) is 1.09. The number of phenolic OH excluding ortho intramolecular Hbond substituents is 2. The number of aromatic hydroxyl groups is 2. The molecule has 7 heteroatoms. The summed E-state index contributed by atoms with van der Waals surface area (Å²) in [6.07, 6.45) is -1.60. The number of rotatable bonds is 4. The molecule has 2 aromatic carbocycles. The van der Waals surface area contributed by atoms with Crippen molar-refractivity contribution in [3.63, 3.8) is 0 Å². The molecule has 1 heterocycles. The largest absolute Gasteiger partial charge is 0.508 e. The summed E-state index contributed by atoms with van der Waals surface area (Å²) in [6, 6.07) is 11.1. The van der Waals surface area contributed by atoms with Gasteiger partial charge in [0.05, 0.1) is 6.61 Å². The fourth-order valence-electron chi connectivity index (χ4n) is 2.56. The average Bonchev–Trinajstić information content (AvgIpc) is 2.61. The van der Waals surface area contributed by atoms with Crippen molar-refractivity contribution < 1.29 is 35.0 Å². The van der Waals surface area contributed by atoms with Crippen molar-refractivity contribution in [3.05, 3.63) is 53.6 Å². The molecule has 1 aliphatic rings. The molecule has 0 aliphatic carbocycles. The van der Waals surface area contributed by atoms with E-state index in [1.54, 1.807) is 42.5 Å². The van der Waals surface area contributed by atoms with Crippen LogP contribution in [-0.4, -0.2) is 56.7 Å². The second-order valence-corrected chi connectivity index (χ2v) is 6.05. The van der Waals surface area contributed by atoms with Gasteiger partial charge in [-0.2, -0.15) is 0 Å². The topological polar surface area (TPSA) is 120 Å². The minimum atomic E-state index is -1.42. The Hall–Kier alpha value is -2.58. The van der Waals surface area contributed by atoms with Gasteiger partial charge >= 0.3 is 0 Å². The Morgan fingerprint density at radius 1 is 0.846 bits per heavy atom. The van der Waals surface area contributed by atoms with Crippen LogP contribution in [0.25, 0.3) is 12.2 Å². The summed E-state index contributed by atoms with van der Waals surface area (Å²) in [5, 5.41) is 48.2. The lowest BCUT2D eigenvalue weighted by molar-refractivity contribution is -0.242. The molecular weight excluding hydrogens is 340 g/mol. The highest BCUT2D eigenvalue weighted by atomic mass is 16.7. The molecule has 0 saturated carbocycles. The molecule has 0 amide bonds. The highest BCUT2D eigenvalue weighted by Crippen LogP contribution is 2.27. The molecule has 0 spiro atoms. The third-order valence-corrected chi connectivity index (χ3v) is 3.98. The van der Waals surface area contributed by atoms with E-state index in [-0.39, 0.29) is 23.9 Å². The van der Waals surface area contributed by atoms with E-state index in [0.717, 1.165) is 5.56 Å². The number of hydrogen-bond acceptors (Lipinski definition) is 7. The van der Waals surface area contributed by atoms with Crippen molar-refractivity contribution in [2.24, 2.45) is 0 Å². The monoisotopic (exact) mass is 360 g/mol. The van der Waals surface area contributed by atoms with E-state index in [2.05, 4.69) is 0 Å². The summed E-state index contributed by atoms with van der Waals surface area (Å²) in [4.78, 5) is 0. The number of aliphatic hydroxyl groups excluding tert-OH is 3. The zero-order valence-corrected chi connectivity index (χ0v) is 13.8. The molecule has 1 fully saturated rings. The highest BCUT2D eigenvalue weighted by molar-refractivity contribution is 5.71. The molecule has 2 aromatic rings. The summed E-state index contributed by atoms with van der Waals surface area (Å²) < 4.78 is 10.7. The van der Waals surface area contributed by atoms with Gasteiger partial charge in [0.2, 0.25) is 6.29 Å². The molecule has 4 unspecified atom stereocenters. The van der Waals surface area contributed by atoms with Gasteiger partial charge in [-0.3, -0.25) is 0 Å². The van der Waals surface area contributed by atoms with Crippen molar-refractivity contribution in [1.82, 2.24) is 0 Å². The summed E-state index contributed by atoms with van der Waals surface area (Å²) in [6.45, 7) is -0.171. The smallest absolute Gasteiger partial charge is 0.228 e. The van der Waals surface area contributed by atoms with Crippen molar-refractivity contribution in [2.45, 2.75) is 24.6 Å².